The first-order chi connectivity index (χ1) is 16.9. The Labute approximate surface area is 198 Å². The number of rotatable bonds is 2. The number of hydrogen-bond donors (Lipinski definition) is 0. The molecule has 0 saturated heterocycles. The second-order valence-electron chi connectivity index (χ2n) is 8.96. The highest BCUT2D eigenvalue weighted by Crippen LogP contribution is 2.42. The number of fused-ring (bicyclic) bond motifs is 4. The van der Waals surface area contributed by atoms with Gasteiger partial charge in [0.2, 0.25) is 0 Å². The molecular formula is C34H22. The zero-order valence-corrected chi connectivity index (χ0v) is 18.7. The lowest BCUT2D eigenvalue weighted by Crippen LogP contribution is -1.89. The predicted octanol–water partition coefficient (Wildman–Crippen LogP) is 9.63. The van der Waals surface area contributed by atoms with Crippen molar-refractivity contribution in [3.63, 3.8) is 0 Å². The van der Waals surface area contributed by atoms with Crippen molar-refractivity contribution in [3.05, 3.63) is 133 Å². The first-order valence-corrected chi connectivity index (χ1v) is 11.8. The second-order valence-corrected chi connectivity index (χ2v) is 8.96. The Morgan fingerprint density at radius 1 is 0.294 bits per heavy atom. The zero-order valence-electron chi connectivity index (χ0n) is 18.7. The molecule has 0 N–H and O–H groups in total. The Balaban J connectivity index is 1.61. The zero-order chi connectivity index (χ0) is 22.5. The molecule has 0 aliphatic carbocycles. The van der Waals surface area contributed by atoms with E-state index in [4.69, 9.17) is 0 Å². The molecular weight excluding hydrogens is 408 g/mol. The number of benzene rings is 7. The van der Waals surface area contributed by atoms with Gasteiger partial charge in [-0.2, -0.15) is 0 Å². The van der Waals surface area contributed by atoms with Crippen LogP contribution in [0.4, 0.5) is 0 Å². The van der Waals surface area contributed by atoms with Gasteiger partial charge in [0.25, 0.3) is 0 Å². The molecule has 0 aliphatic heterocycles. The van der Waals surface area contributed by atoms with E-state index in [0.29, 0.717) is 0 Å². The van der Waals surface area contributed by atoms with Gasteiger partial charge in [0.15, 0.2) is 0 Å². The van der Waals surface area contributed by atoms with Crippen molar-refractivity contribution >= 4 is 43.1 Å². The molecule has 7 aromatic carbocycles. The van der Waals surface area contributed by atoms with E-state index in [0.717, 1.165) is 0 Å². The fourth-order valence-corrected chi connectivity index (χ4v) is 5.43. The van der Waals surface area contributed by atoms with E-state index in [1.807, 2.05) is 0 Å². The topological polar surface area (TPSA) is 0 Å². The predicted molar refractivity (Wildman–Crippen MR) is 147 cm³/mol. The maximum absolute atomic E-state index is 2.36. The summed E-state index contributed by atoms with van der Waals surface area (Å²) in [6, 6.07) is 48.6. The van der Waals surface area contributed by atoms with Crippen molar-refractivity contribution in [2.75, 3.05) is 0 Å². The standard InChI is InChI=1S/C34H22/c1-2-11-25-21-27(20-19-23(25)9-1)29-16-8-18-32-33(29)22-26-12-4-6-15-30(26)34(32)31-17-7-13-24-10-3-5-14-28(24)31/h1-22H. The minimum absolute atomic E-state index is 1.25. The van der Waals surface area contributed by atoms with Crippen molar-refractivity contribution in [1.29, 1.82) is 0 Å². The average Bonchev–Trinajstić information content (AvgIpc) is 2.91. The molecule has 0 amide bonds. The van der Waals surface area contributed by atoms with E-state index >= 15 is 0 Å². The number of hydrogen-bond acceptors (Lipinski definition) is 0. The van der Waals surface area contributed by atoms with Crippen molar-refractivity contribution in [2.24, 2.45) is 0 Å². The van der Waals surface area contributed by atoms with Gasteiger partial charge in [-0.1, -0.05) is 121 Å². The lowest BCUT2D eigenvalue weighted by molar-refractivity contribution is 1.67. The van der Waals surface area contributed by atoms with Crippen LogP contribution in [0.15, 0.2) is 133 Å². The maximum Gasteiger partial charge on any atom is -0.00204 e. The van der Waals surface area contributed by atoms with Crippen LogP contribution in [-0.2, 0) is 0 Å². The minimum Gasteiger partial charge on any atom is -0.0616 e. The van der Waals surface area contributed by atoms with Gasteiger partial charge in [0.05, 0.1) is 0 Å². The second kappa shape index (κ2) is 7.57. The van der Waals surface area contributed by atoms with E-state index < -0.39 is 0 Å². The van der Waals surface area contributed by atoms with Crippen molar-refractivity contribution in [2.45, 2.75) is 0 Å². The maximum atomic E-state index is 2.36. The Hall–Kier alpha value is -4.42. The summed E-state index contributed by atoms with van der Waals surface area (Å²) in [5.74, 6) is 0. The van der Waals surface area contributed by atoms with Crippen molar-refractivity contribution in [1.82, 2.24) is 0 Å². The van der Waals surface area contributed by atoms with Crippen LogP contribution in [0.1, 0.15) is 0 Å². The van der Waals surface area contributed by atoms with Gasteiger partial charge in [0, 0.05) is 0 Å². The molecule has 0 saturated carbocycles. The lowest BCUT2D eigenvalue weighted by Gasteiger charge is -2.17. The molecule has 0 radical (unpaired) electrons. The van der Waals surface area contributed by atoms with Crippen LogP contribution in [0.25, 0.3) is 65.3 Å². The molecule has 0 bridgehead atoms. The third-order valence-corrected chi connectivity index (χ3v) is 7.02. The lowest BCUT2D eigenvalue weighted by atomic mass is 9.87. The Kier molecular flexibility index (Phi) is 4.25. The normalized spacial score (nSPS) is 11.5. The summed E-state index contributed by atoms with van der Waals surface area (Å²) in [5.41, 5.74) is 5.13. The van der Waals surface area contributed by atoms with Crippen LogP contribution in [-0.4, -0.2) is 0 Å². The summed E-state index contributed by atoms with van der Waals surface area (Å²) in [4.78, 5) is 0. The molecule has 0 heterocycles. The van der Waals surface area contributed by atoms with Crippen LogP contribution in [0.2, 0.25) is 0 Å². The minimum atomic E-state index is 1.25. The fourth-order valence-electron chi connectivity index (χ4n) is 5.43. The fraction of sp³-hybridized carbons (Fsp3) is 0. The Morgan fingerprint density at radius 3 is 1.79 bits per heavy atom. The molecule has 7 aromatic rings. The van der Waals surface area contributed by atoms with E-state index in [9.17, 15) is 0 Å². The van der Waals surface area contributed by atoms with Crippen LogP contribution in [0.3, 0.4) is 0 Å². The first kappa shape index (κ1) is 19.1. The van der Waals surface area contributed by atoms with Crippen LogP contribution >= 0.6 is 0 Å². The van der Waals surface area contributed by atoms with Gasteiger partial charge in [-0.05, 0) is 77.5 Å². The van der Waals surface area contributed by atoms with Gasteiger partial charge < -0.3 is 0 Å². The molecule has 0 aromatic heterocycles. The monoisotopic (exact) mass is 430 g/mol. The van der Waals surface area contributed by atoms with Gasteiger partial charge in [-0.25, -0.2) is 0 Å². The third-order valence-electron chi connectivity index (χ3n) is 7.02. The van der Waals surface area contributed by atoms with E-state index in [1.165, 1.54) is 65.3 Å². The molecule has 34 heavy (non-hydrogen) atoms. The highest BCUT2D eigenvalue weighted by Gasteiger charge is 2.15. The smallest absolute Gasteiger partial charge is 0.00204 e. The summed E-state index contributed by atoms with van der Waals surface area (Å²) in [7, 11) is 0. The van der Waals surface area contributed by atoms with E-state index in [2.05, 4.69) is 133 Å². The van der Waals surface area contributed by atoms with E-state index in [-0.39, 0.29) is 0 Å². The van der Waals surface area contributed by atoms with Gasteiger partial charge in [-0.15, -0.1) is 0 Å². The molecule has 0 spiro atoms. The Morgan fingerprint density at radius 2 is 0.912 bits per heavy atom. The highest BCUT2D eigenvalue weighted by atomic mass is 14.2. The average molecular weight is 431 g/mol. The quantitative estimate of drug-likeness (QED) is 0.239. The summed E-state index contributed by atoms with van der Waals surface area (Å²) >= 11 is 0. The molecule has 0 unspecified atom stereocenters. The third kappa shape index (κ3) is 2.93. The summed E-state index contributed by atoms with van der Waals surface area (Å²) in [6.45, 7) is 0. The van der Waals surface area contributed by atoms with Crippen LogP contribution in [0, 0.1) is 0 Å². The van der Waals surface area contributed by atoms with Gasteiger partial charge in [-0.3, -0.25) is 0 Å². The summed E-state index contributed by atoms with van der Waals surface area (Å²) < 4.78 is 0. The molecule has 7 rings (SSSR count). The van der Waals surface area contributed by atoms with Gasteiger partial charge in [0.1, 0.15) is 0 Å². The SMILES string of the molecule is c1ccc2cc(-c3cccc4c(-c5cccc6ccccc56)c5ccccc5cc34)ccc2c1. The molecule has 0 atom stereocenters. The molecule has 0 nitrogen and oxygen atoms in total. The first-order valence-electron chi connectivity index (χ1n) is 11.8. The molecule has 0 heteroatoms. The Bertz CT molecular complexity index is 1850. The van der Waals surface area contributed by atoms with Crippen molar-refractivity contribution in [3.8, 4) is 22.3 Å². The summed E-state index contributed by atoms with van der Waals surface area (Å²) in [6.07, 6.45) is 0. The molecule has 0 aliphatic rings. The molecule has 158 valence electrons. The van der Waals surface area contributed by atoms with Gasteiger partial charge >= 0.3 is 0 Å². The van der Waals surface area contributed by atoms with Crippen molar-refractivity contribution < 1.29 is 0 Å². The van der Waals surface area contributed by atoms with E-state index in [1.54, 1.807) is 0 Å². The summed E-state index contributed by atoms with van der Waals surface area (Å²) in [5, 5.41) is 10.2. The highest BCUT2D eigenvalue weighted by molar-refractivity contribution is 6.19. The molecule has 0 fully saturated rings. The van der Waals surface area contributed by atoms with Crippen LogP contribution in [0.5, 0.6) is 0 Å². The van der Waals surface area contributed by atoms with Crippen LogP contribution < -0.4 is 0 Å². The largest absolute Gasteiger partial charge is 0.0616 e.